The summed E-state index contributed by atoms with van der Waals surface area (Å²) in [5.41, 5.74) is 0.991. The van der Waals surface area contributed by atoms with Crippen molar-refractivity contribution in [2.45, 2.75) is 26.2 Å². The third kappa shape index (κ3) is 3.70. The molecule has 1 aliphatic heterocycles. The number of ether oxygens (including phenoxy) is 1. The predicted molar refractivity (Wildman–Crippen MR) is 66.9 cm³/mol. The highest BCUT2D eigenvalue weighted by Gasteiger charge is 2.10. The standard InChI is InChI=1S/C14H20FNO/c1-12-5-6-13(15)11-14(12)17-10-9-16-7-3-2-4-8-16/h5-6,11H,2-4,7-10H2,1H3. The topological polar surface area (TPSA) is 12.5 Å². The van der Waals surface area contributed by atoms with Gasteiger partial charge in [0.15, 0.2) is 0 Å². The van der Waals surface area contributed by atoms with Gasteiger partial charge in [-0.3, -0.25) is 4.90 Å². The fraction of sp³-hybridized carbons (Fsp3) is 0.571. The molecule has 0 radical (unpaired) electrons. The van der Waals surface area contributed by atoms with Crippen molar-refractivity contribution in [2.75, 3.05) is 26.2 Å². The molecule has 17 heavy (non-hydrogen) atoms. The maximum atomic E-state index is 13.0. The minimum Gasteiger partial charge on any atom is -0.492 e. The van der Waals surface area contributed by atoms with Crippen LogP contribution in [0.3, 0.4) is 0 Å². The minimum absolute atomic E-state index is 0.233. The van der Waals surface area contributed by atoms with Crippen molar-refractivity contribution in [3.05, 3.63) is 29.6 Å². The second kappa shape index (κ2) is 6.01. The SMILES string of the molecule is Cc1ccc(F)cc1OCCN1CCCCC1. The van der Waals surface area contributed by atoms with Crippen LogP contribution < -0.4 is 4.74 Å². The molecule has 3 heteroatoms. The molecule has 0 spiro atoms. The Kier molecular flexibility index (Phi) is 4.37. The van der Waals surface area contributed by atoms with Crippen LogP contribution in [-0.2, 0) is 0 Å². The first-order valence-electron chi connectivity index (χ1n) is 6.37. The highest BCUT2D eigenvalue weighted by molar-refractivity contribution is 5.32. The van der Waals surface area contributed by atoms with Gasteiger partial charge in [-0.15, -0.1) is 0 Å². The summed E-state index contributed by atoms with van der Waals surface area (Å²) in [5.74, 6) is 0.436. The Hall–Kier alpha value is -1.09. The zero-order valence-corrected chi connectivity index (χ0v) is 10.4. The van der Waals surface area contributed by atoms with E-state index < -0.39 is 0 Å². The Morgan fingerprint density at radius 1 is 1.24 bits per heavy atom. The Labute approximate surface area is 102 Å². The second-order valence-electron chi connectivity index (χ2n) is 4.66. The molecular formula is C14H20FNO. The minimum atomic E-state index is -0.233. The molecule has 0 unspecified atom stereocenters. The fourth-order valence-electron chi connectivity index (χ4n) is 2.20. The normalized spacial score (nSPS) is 17.1. The van der Waals surface area contributed by atoms with Crippen molar-refractivity contribution in [3.63, 3.8) is 0 Å². The average molecular weight is 237 g/mol. The molecule has 1 heterocycles. The molecule has 0 bridgehead atoms. The molecule has 1 aromatic rings. The Bertz CT molecular complexity index is 361. The highest BCUT2D eigenvalue weighted by Crippen LogP contribution is 2.18. The third-order valence-electron chi connectivity index (χ3n) is 3.26. The summed E-state index contributed by atoms with van der Waals surface area (Å²) < 4.78 is 18.7. The van der Waals surface area contributed by atoms with Gasteiger partial charge in [0, 0.05) is 12.6 Å². The zero-order valence-electron chi connectivity index (χ0n) is 10.4. The van der Waals surface area contributed by atoms with Crippen LogP contribution in [-0.4, -0.2) is 31.1 Å². The van der Waals surface area contributed by atoms with Crippen LogP contribution >= 0.6 is 0 Å². The summed E-state index contributed by atoms with van der Waals surface area (Å²) in [6, 6.07) is 4.68. The van der Waals surface area contributed by atoms with Gasteiger partial charge < -0.3 is 4.74 Å². The van der Waals surface area contributed by atoms with Crippen LogP contribution in [0.25, 0.3) is 0 Å². The Morgan fingerprint density at radius 3 is 2.76 bits per heavy atom. The lowest BCUT2D eigenvalue weighted by molar-refractivity contribution is 0.182. The summed E-state index contributed by atoms with van der Waals surface area (Å²) in [4.78, 5) is 2.41. The number of piperidine rings is 1. The van der Waals surface area contributed by atoms with Crippen molar-refractivity contribution in [1.82, 2.24) is 4.90 Å². The van der Waals surface area contributed by atoms with E-state index >= 15 is 0 Å². The molecule has 1 aliphatic rings. The number of aryl methyl sites for hydroxylation is 1. The number of nitrogens with zero attached hydrogens (tertiary/aromatic N) is 1. The first-order valence-corrected chi connectivity index (χ1v) is 6.37. The number of hydrogen-bond donors (Lipinski definition) is 0. The molecule has 0 N–H and O–H groups in total. The van der Waals surface area contributed by atoms with Gasteiger partial charge in [-0.1, -0.05) is 12.5 Å². The number of rotatable bonds is 4. The molecule has 0 saturated carbocycles. The van der Waals surface area contributed by atoms with Crippen molar-refractivity contribution < 1.29 is 9.13 Å². The maximum absolute atomic E-state index is 13.0. The largest absolute Gasteiger partial charge is 0.492 e. The first-order chi connectivity index (χ1) is 8.25. The molecule has 1 aromatic carbocycles. The molecule has 0 amide bonds. The fourth-order valence-corrected chi connectivity index (χ4v) is 2.20. The van der Waals surface area contributed by atoms with E-state index in [1.54, 1.807) is 6.07 Å². The summed E-state index contributed by atoms with van der Waals surface area (Å²) in [7, 11) is 0. The summed E-state index contributed by atoms with van der Waals surface area (Å²) >= 11 is 0. The number of benzene rings is 1. The third-order valence-corrected chi connectivity index (χ3v) is 3.26. The zero-order chi connectivity index (χ0) is 12.1. The molecule has 0 aliphatic carbocycles. The van der Waals surface area contributed by atoms with E-state index in [2.05, 4.69) is 4.90 Å². The first kappa shape index (κ1) is 12.4. The van der Waals surface area contributed by atoms with Gasteiger partial charge in [0.1, 0.15) is 18.2 Å². The molecule has 1 saturated heterocycles. The van der Waals surface area contributed by atoms with Gasteiger partial charge in [0.2, 0.25) is 0 Å². The van der Waals surface area contributed by atoms with Gasteiger partial charge >= 0.3 is 0 Å². The van der Waals surface area contributed by atoms with Gasteiger partial charge in [-0.2, -0.15) is 0 Å². The van der Waals surface area contributed by atoms with Gasteiger partial charge in [-0.05, 0) is 44.5 Å². The summed E-state index contributed by atoms with van der Waals surface area (Å²) in [6.07, 6.45) is 3.93. The number of hydrogen-bond acceptors (Lipinski definition) is 2. The van der Waals surface area contributed by atoms with E-state index in [9.17, 15) is 4.39 Å². The van der Waals surface area contributed by atoms with Crippen LogP contribution in [0.5, 0.6) is 5.75 Å². The quantitative estimate of drug-likeness (QED) is 0.798. The second-order valence-corrected chi connectivity index (χ2v) is 4.66. The number of likely N-dealkylation sites (tertiary alicyclic amines) is 1. The van der Waals surface area contributed by atoms with Crippen molar-refractivity contribution in [2.24, 2.45) is 0 Å². The van der Waals surface area contributed by atoms with Crippen molar-refractivity contribution >= 4 is 0 Å². The molecule has 94 valence electrons. The smallest absolute Gasteiger partial charge is 0.126 e. The monoisotopic (exact) mass is 237 g/mol. The predicted octanol–water partition coefficient (Wildman–Crippen LogP) is 3.00. The maximum Gasteiger partial charge on any atom is 0.126 e. The van der Waals surface area contributed by atoms with E-state index in [1.807, 2.05) is 6.92 Å². The van der Waals surface area contributed by atoms with Crippen LogP contribution in [0.2, 0.25) is 0 Å². The molecule has 0 atom stereocenters. The Morgan fingerprint density at radius 2 is 2.00 bits per heavy atom. The summed E-state index contributed by atoms with van der Waals surface area (Å²) in [6.45, 7) is 5.87. The lowest BCUT2D eigenvalue weighted by Gasteiger charge is -2.26. The molecule has 2 nitrogen and oxygen atoms in total. The molecular weight excluding hydrogens is 217 g/mol. The van der Waals surface area contributed by atoms with E-state index in [4.69, 9.17) is 4.74 Å². The molecule has 2 rings (SSSR count). The lowest BCUT2D eigenvalue weighted by Crippen LogP contribution is -2.33. The molecule has 1 fully saturated rings. The van der Waals surface area contributed by atoms with Crippen molar-refractivity contribution in [3.8, 4) is 5.75 Å². The van der Waals surface area contributed by atoms with Crippen LogP contribution in [0.4, 0.5) is 4.39 Å². The highest BCUT2D eigenvalue weighted by atomic mass is 19.1. The van der Waals surface area contributed by atoms with Gasteiger partial charge in [0.05, 0.1) is 0 Å². The number of halogens is 1. The Balaban J connectivity index is 1.79. The van der Waals surface area contributed by atoms with Gasteiger partial charge in [0.25, 0.3) is 0 Å². The van der Waals surface area contributed by atoms with Crippen LogP contribution in [0.1, 0.15) is 24.8 Å². The van der Waals surface area contributed by atoms with E-state index in [1.165, 1.54) is 44.5 Å². The van der Waals surface area contributed by atoms with E-state index in [-0.39, 0.29) is 5.82 Å². The lowest BCUT2D eigenvalue weighted by atomic mass is 10.1. The van der Waals surface area contributed by atoms with Crippen LogP contribution in [0.15, 0.2) is 18.2 Å². The van der Waals surface area contributed by atoms with Crippen LogP contribution in [0, 0.1) is 12.7 Å². The average Bonchev–Trinajstić information content (AvgIpc) is 2.35. The van der Waals surface area contributed by atoms with Gasteiger partial charge in [-0.25, -0.2) is 4.39 Å². The molecule has 0 aromatic heterocycles. The van der Waals surface area contributed by atoms with E-state index in [0.717, 1.165) is 12.1 Å². The van der Waals surface area contributed by atoms with E-state index in [0.29, 0.717) is 12.4 Å². The van der Waals surface area contributed by atoms with Crippen molar-refractivity contribution in [1.29, 1.82) is 0 Å². The summed E-state index contributed by atoms with van der Waals surface area (Å²) in [5, 5.41) is 0.